The third kappa shape index (κ3) is 8.45. The standard InChI is InChI=1S/C24H23ClN4O4.C17H16ClN3O4/c1-5-33-23(30)21-20(18-12-27-24(32-4)28-22(18)31-3)17-11-16(25)6-7-19(17)29(21)13-15-8-9-26-14(2)10-15;1-4-25-16(22)14-13(10-7-9(18)5-6-12(10)20-14)11-8-19-17(24-3)21-15(11)23-2/h6-12H,5,13H2,1-4H3;5-8,20H,4H2,1-3H3. The summed E-state index contributed by atoms with van der Waals surface area (Å²) < 4.78 is 33.6. The van der Waals surface area contributed by atoms with Gasteiger partial charge in [0.2, 0.25) is 11.8 Å². The lowest BCUT2D eigenvalue weighted by atomic mass is 10.0. The number of aromatic nitrogens is 7. The number of benzene rings is 2. The fraction of sp³-hybridized carbons (Fsp3) is 0.244. The molecule has 58 heavy (non-hydrogen) atoms. The third-order valence-corrected chi connectivity index (χ3v) is 9.26. The molecule has 0 fully saturated rings. The number of H-pyrrole nitrogens is 1. The lowest BCUT2D eigenvalue weighted by molar-refractivity contribution is 0.0509. The van der Waals surface area contributed by atoms with Gasteiger partial charge in [-0.3, -0.25) is 4.98 Å². The van der Waals surface area contributed by atoms with Crippen molar-refractivity contribution in [2.75, 3.05) is 41.7 Å². The van der Waals surface area contributed by atoms with Gasteiger partial charge in [0.15, 0.2) is 0 Å². The molecule has 0 unspecified atom stereocenters. The third-order valence-electron chi connectivity index (χ3n) is 8.79. The monoisotopic (exact) mass is 827 g/mol. The number of methoxy groups -OCH3 is 4. The van der Waals surface area contributed by atoms with E-state index in [1.807, 2.05) is 35.8 Å². The first-order valence-corrected chi connectivity index (χ1v) is 18.6. The van der Waals surface area contributed by atoms with Crippen LogP contribution in [0.25, 0.3) is 44.1 Å². The summed E-state index contributed by atoms with van der Waals surface area (Å²) in [6, 6.07) is 15.0. The van der Waals surface area contributed by atoms with Crippen LogP contribution in [0.5, 0.6) is 23.8 Å². The van der Waals surface area contributed by atoms with Gasteiger partial charge in [0.25, 0.3) is 0 Å². The fourth-order valence-electron chi connectivity index (χ4n) is 6.41. The lowest BCUT2D eigenvalue weighted by Crippen LogP contribution is -2.14. The summed E-state index contributed by atoms with van der Waals surface area (Å²) in [5, 5.41) is 2.56. The van der Waals surface area contributed by atoms with E-state index in [1.54, 1.807) is 50.5 Å². The Morgan fingerprint density at radius 2 is 1.29 bits per heavy atom. The van der Waals surface area contributed by atoms with E-state index in [1.165, 1.54) is 34.6 Å². The number of nitrogens with one attached hydrogen (secondary N) is 1. The molecule has 0 saturated heterocycles. The largest absolute Gasteiger partial charge is 0.480 e. The van der Waals surface area contributed by atoms with Crippen LogP contribution >= 0.6 is 23.2 Å². The Kier molecular flexibility index (Phi) is 12.9. The number of halogens is 2. The van der Waals surface area contributed by atoms with Gasteiger partial charge < -0.3 is 38.0 Å². The number of esters is 2. The van der Waals surface area contributed by atoms with Gasteiger partial charge in [-0.1, -0.05) is 23.2 Å². The summed E-state index contributed by atoms with van der Waals surface area (Å²) in [4.78, 5) is 49.9. The summed E-state index contributed by atoms with van der Waals surface area (Å²) in [5.41, 5.74) is 6.26. The van der Waals surface area contributed by atoms with Crippen molar-refractivity contribution in [3.63, 3.8) is 0 Å². The molecule has 0 atom stereocenters. The molecular formula is C41H39Cl2N7O8. The molecule has 7 aromatic rings. The molecule has 0 saturated carbocycles. The van der Waals surface area contributed by atoms with Crippen LogP contribution in [0.3, 0.4) is 0 Å². The number of nitrogens with zero attached hydrogens (tertiary/aromatic N) is 6. The Balaban J connectivity index is 0.000000203. The second-order valence-corrected chi connectivity index (χ2v) is 13.2. The van der Waals surface area contributed by atoms with Gasteiger partial charge in [0.05, 0.1) is 52.8 Å². The van der Waals surface area contributed by atoms with Crippen molar-refractivity contribution in [3.05, 3.63) is 99.8 Å². The minimum Gasteiger partial charge on any atom is -0.480 e. The average molecular weight is 829 g/mol. The quantitative estimate of drug-likeness (QED) is 0.117. The van der Waals surface area contributed by atoms with Crippen LogP contribution in [0.1, 0.15) is 46.1 Å². The Bertz CT molecular complexity index is 2630. The molecule has 17 heteroatoms. The molecule has 0 aliphatic rings. The fourth-order valence-corrected chi connectivity index (χ4v) is 6.76. The molecule has 1 N–H and O–H groups in total. The molecule has 0 radical (unpaired) electrons. The summed E-state index contributed by atoms with van der Waals surface area (Å²) >= 11 is 12.5. The number of rotatable bonds is 12. The highest BCUT2D eigenvalue weighted by atomic mass is 35.5. The normalized spacial score (nSPS) is 10.8. The smallest absolute Gasteiger partial charge is 0.355 e. The van der Waals surface area contributed by atoms with Crippen molar-refractivity contribution >= 4 is 56.9 Å². The molecule has 5 aromatic heterocycles. The van der Waals surface area contributed by atoms with Crippen LogP contribution in [0, 0.1) is 6.92 Å². The zero-order valence-corrected chi connectivity index (χ0v) is 34.2. The van der Waals surface area contributed by atoms with E-state index in [9.17, 15) is 9.59 Å². The number of aromatic amines is 1. The molecule has 2 aromatic carbocycles. The van der Waals surface area contributed by atoms with Crippen LogP contribution in [-0.4, -0.2) is 88.1 Å². The first-order chi connectivity index (χ1) is 28.0. The molecule has 5 heterocycles. The van der Waals surface area contributed by atoms with Crippen molar-refractivity contribution in [2.24, 2.45) is 0 Å². The highest BCUT2D eigenvalue weighted by Crippen LogP contribution is 2.42. The molecule has 0 aliphatic heterocycles. The van der Waals surface area contributed by atoms with E-state index in [-0.39, 0.29) is 42.7 Å². The van der Waals surface area contributed by atoms with E-state index in [2.05, 4.69) is 29.9 Å². The van der Waals surface area contributed by atoms with E-state index in [0.717, 1.165) is 33.1 Å². The van der Waals surface area contributed by atoms with E-state index in [0.29, 0.717) is 44.5 Å². The first-order valence-electron chi connectivity index (χ1n) is 17.8. The molecule has 0 bridgehead atoms. The Labute approximate surface area is 343 Å². The summed E-state index contributed by atoms with van der Waals surface area (Å²) in [7, 11) is 5.92. The van der Waals surface area contributed by atoms with E-state index >= 15 is 0 Å². The zero-order chi connectivity index (χ0) is 41.5. The van der Waals surface area contributed by atoms with E-state index < -0.39 is 11.9 Å². The average Bonchev–Trinajstić information content (AvgIpc) is 3.75. The number of ether oxygens (including phenoxy) is 6. The minimum atomic E-state index is -0.484. The number of carbonyl (C=O) groups is 2. The maximum absolute atomic E-state index is 13.3. The number of hydrogen-bond acceptors (Lipinski definition) is 13. The molecule has 300 valence electrons. The highest BCUT2D eigenvalue weighted by molar-refractivity contribution is 6.32. The number of hydrogen-bond donors (Lipinski definition) is 1. The SMILES string of the molecule is CCOC(=O)c1[nH]c2ccc(Cl)cc2c1-c1cnc(OC)nc1OC.CCOC(=O)c1c(-c2cnc(OC)nc2OC)c2cc(Cl)ccc2n1Cc1ccnc(C)c1. The Morgan fingerprint density at radius 1 is 0.707 bits per heavy atom. The lowest BCUT2D eigenvalue weighted by Gasteiger charge is -2.13. The van der Waals surface area contributed by atoms with Gasteiger partial charge in [-0.05, 0) is 74.9 Å². The van der Waals surface area contributed by atoms with Crippen molar-refractivity contribution < 1.29 is 38.0 Å². The summed E-state index contributed by atoms with van der Waals surface area (Å²) in [6.45, 7) is 6.35. The van der Waals surface area contributed by atoms with Crippen molar-refractivity contribution in [1.82, 2.24) is 34.5 Å². The second kappa shape index (κ2) is 18.2. The van der Waals surface area contributed by atoms with Crippen molar-refractivity contribution in [3.8, 4) is 46.0 Å². The predicted octanol–water partition coefficient (Wildman–Crippen LogP) is 8.17. The number of carbonyl (C=O) groups excluding carboxylic acids is 2. The number of aryl methyl sites for hydroxylation is 1. The maximum atomic E-state index is 13.3. The summed E-state index contributed by atoms with van der Waals surface area (Å²) in [5.74, 6) is -0.407. The van der Waals surface area contributed by atoms with Crippen LogP contribution < -0.4 is 18.9 Å². The van der Waals surface area contributed by atoms with Gasteiger partial charge >= 0.3 is 24.0 Å². The number of fused-ring (bicyclic) bond motifs is 2. The molecule has 0 aliphatic carbocycles. The first kappa shape index (κ1) is 41.2. The van der Waals surface area contributed by atoms with Gasteiger partial charge in [-0.15, -0.1) is 0 Å². The zero-order valence-electron chi connectivity index (χ0n) is 32.7. The van der Waals surface area contributed by atoms with Crippen LogP contribution in [0.15, 0.2) is 67.1 Å². The summed E-state index contributed by atoms with van der Waals surface area (Å²) in [6.07, 6.45) is 4.86. The highest BCUT2D eigenvalue weighted by Gasteiger charge is 2.29. The van der Waals surface area contributed by atoms with Gasteiger partial charge in [0, 0.05) is 73.8 Å². The predicted molar refractivity (Wildman–Crippen MR) is 219 cm³/mol. The van der Waals surface area contributed by atoms with Gasteiger partial charge in [-0.25, -0.2) is 19.6 Å². The number of pyridine rings is 1. The molecule has 15 nitrogen and oxygen atoms in total. The van der Waals surface area contributed by atoms with Gasteiger partial charge in [0.1, 0.15) is 11.4 Å². The molecule has 0 spiro atoms. The minimum absolute atomic E-state index is 0.155. The maximum Gasteiger partial charge on any atom is 0.355 e. The van der Waals surface area contributed by atoms with E-state index in [4.69, 9.17) is 51.6 Å². The molecule has 7 rings (SSSR count). The Morgan fingerprint density at radius 3 is 1.88 bits per heavy atom. The van der Waals surface area contributed by atoms with Crippen molar-refractivity contribution in [2.45, 2.75) is 27.3 Å². The molecular weight excluding hydrogens is 789 g/mol. The second-order valence-electron chi connectivity index (χ2n) is 12.3. The topological polar surface area (TPSA) is 175 Å². The van der Waals surface area contributed by atoms with Crippen LogP contribution in [0.2, 0.25) is 10.0 Å². The van der Waals surface area contributed by atoms with Crippen LogP contribution in [-0.2, 0) is 16.0 Å². The van der Waals surface area contributed by atoms with Crippen molar-refractivity contribution in [1.29, 1.82) is 0 Å². The molecule has 0 amide bonds. The Hall–Kier alpha value is -6.45. The van der Waals surface area contributed by atoms with Crippen LogP contribution in [0.4, 0.5) is 0 Å². The van der Waals surface area contributed by atoms with Gasteiger partial charge in [-0.2, -0.15) is 9.97 Å².